The van der Waals surface area contributed by atoms with Crippen LogP contribution >= 0.6 is 22.9 Å². The van der Waals surface area contributed by atoms with Crippen molar-refractivity contribution < 1.29 is 28.2 Å². The van der Waals surface area contributed by atoms with Crippen LogP contribution in [0.2, 0.25) is 4.34 Å². The third kappa shape index (κ3) is 5.15. The van der Waals surface area contributed by atoms with Crippen molar-refractivity contribution >= 4 is 46.5 Å². The van der Waals surface area contributed by atoms with Crippen molar-refractivity contribution in [3.63, 3.8) is 0 Å². The van der Waals surface area contributed by atoms with Crippen molar-refractivity contribution in [1.29, 1.82) is 0 Å². The van der Waals surface area contributed by atoms with Gasteiger partial charge in [-0.3, -0.25) is 14.5 Å². The molecule has 0 bridgehead atoms. The molecule has 31 heavy (non-hydrogen) atoms. The first kappa shape index (κ1) is 21.5. The van der Waals surface area contributed by atoms with E-state index in [2.05, 4.69) is 5.32 Å². The highest BCUT2D eigenvalue weighted by molar-refractivity contribution is 7.18. The summed E-state index contributed by atoms with van der Waals surface area (Å²) in [4.78, 5) is 39.8. The minimum absolute atomic E-state index is 0.00566. The summed E-state index contributed by atoms with van der Waals surface area (Å²) >= 11 is 6.99. The molecule has 3 heterocycles. The molecule has 1 aromatic heterocycles. The molecule has 2 aliphatic rings. The van der Waals surface area contributed by atoms with E-state index >= 15 is 0 Å². The molecule has 2 saturated heterocycles. The molecule has 164 valence electrons. The van der Waals surface area contributed by atoms with E-state index in [4.69, 9.17) is 21.1 Å². The molecule has 0 aliphatic carbocycles. The molecule has 0 saturated carbocycles. The Balaban J connectivity index is 1.39. The van der Waals surface area contributed by atoms with Crippen molar-refractivity contribution in [2.75, 3.05) is 37.7 Å². The Hall–Kier alpha value is -2.69. The van der Waals surface area contributed by atoms with Crippen LogP contribution in [0, 0.1) is 5.82 Å². The number of carbonyl (C=O) groups excluding carboxylic acids is 3. The standard InChI is InChI=1S/C20H19ClFN3O5S/c21-17-2-1-16(31-17)19(27)23-8-15-10-25(20(28)30-15)14-6-12(5-13(22)7-14)9-24-3-4-29-11-18(24)26/h1-2,5-7,15H,3-4,8-11H2,(H,23,27)/t15-/m1/s1. The van der Waals surface area contributed by atoms with Crippen LogP contribution in [0.15, 0.2) is 30.3 Å². The Morgan fingerprint density at radius 3 is 2.87 bits per heavy atom. The fourth-order valence-electron chi connectivity index (χ4n) is 3.39. The van der Waals surface area contributed by atoms with Gasteiger partial charge in [0.15, 0.2) is 0 Å². The third-order valence-corrected chi connectivity index (χ3v) is 6.10. The van der Waals surface area contributed by atoms with Crippen LogP contribution in [0.3, 0.4) is 0 Å². The van der Waals surface area contributed by atoms with Crippen LogP contribution in [-0.4, -0.2) is 61.8 Å². The average molecular weight is 468 g/mol. The van der Waals surface area contributed by atoms with Crippen LogP contribution in [0.1, 0.15) is 15.2 Å². The van der Waals surface area contributed by atoms with Gasteiger partial charge in [-0.1, -0.05) is 11.6 Å². The molecule has 0 spiro atoms. The molecule has 1 aromatic carbocycles. The second-order valence-corrected chi connectivity index (χ2v) is 8.83. The second kappa shape index (κ2) is 9.21. The molecular formula is C20H19ClFN3O5S. The van der Waals surface area contributed by atoms with Gasteiger partial charge in [-0.15, -0.1) is 11.3 Å². The Labute approximate surface area is 186 Å². The molecule has 2 aromatic rings. The zero-order chi connectivity index (χ0) is 22.0. The summed E-state index contributed by atoms with van der Waals surface area (Å²) in [5, 5.41) is 2.71. The third-order valence-electron chi connectivity index (χ3n) is 4.87. The number of rotatable bonds is 6. The van der Waals surface area contributed by atoms with Crippen LogP contribution in [-0.2, 0) is 20.8 Å². The molecule has 0 unspecified atom stereocenters. The zero-order valence-electron chi connectivity index (χ0n) is 16.3. The lowest BCUT2D eigenvalue weighted by atomic mass is 10.1. The lowest BCUT2D eigenvalue weighted by Gasteiger charge is -2.27. The van der Waals surface area contributed by atoms with E-state index in [-0.39, 0.29) is 38.1 Å². The van der Waals surface area contributed by atoms with Crippen LogP contribution < -0.4 is 10.2 Å². The summed E-state index contributed by atoms with van der Waals surface area (Å²) in [5.41, 5.74) is 0.893. The minimum atomic E-state index is -0.627. The van der Waals surface area contributed by atoms with Crippen molar-refractivity contribution in [1.82, 2.24) is 10.2 Å². The number of thiophene rings is 1. The van der Waals surface area contributed by atoms with Gasteiger partial charge in [0.25, 0.3) is 5.91 Å². The summed E-state index contributed by atoms with van der Waals surface area (Å²) in [6.45, 7) is 1.35. The Morgan fingerprint density at radius 2 is 2.13 bits per heavy atom. The topological polar surface area (TPSA) is 88.2 Å². The van der Waals surface area contributed by atoms with E-state index in [1.54, 1.807) is 23.1 Å². The second-order valence-electron chi connectivity index (χ2n) is 7.12. The van der Waals surface area contributed by atoms with Gasteiger partial charge < -0.3 is 19.7 Å². The number of hydrogen-bond donors (Lipinski definition) is 1. The number of hydrogen-bond acceptors (Lipinski definition) is 6. The number of nitrogens with one attached hydrogen (secondary N) is 1. The molecule has 8 nitrogen and oxygen atoms in total. The van der Waals surface area contributed by atoms with E-state index in [1.165, 1.54) is 17.0 Å². The van der Waals surface area contributed by atoms with Gasteiger partial charge in [-0.25, -0.2) is 9.18 Å². The summed E-state index contributed by atoms with van der Waals surface area (Å²) in [6, 6.07) is 7.47. The average Bonchev–Trinajstić information content (AvgIpc) is 3.33. The number of nitrogens with zero attached hydrogens (tertiary/aromatic N) is 2. The van der Waals surface area contributed by atoms with Gasteiger partial charge in [-0.05, 0) is 35.9 Å². The Morgan fingerprint density at radius 1 is 1.29 bits per heavy atom. The first-order valence-corrected chi connectivity index (χ1v) is 10.7. The van der Waals surface area contributed by atoms with Crippen LogP contribution in [0.25, 0.3) is 0 Å². The van der Waals surface area contributed by atoms with Gasteiger partial charge in [0, 0.05) is 13.1 Å². The fourth-order valence-corrected chi connectivity index (χ4v) is 4.35. The first-order chi connectivity index (χ1) is 14.9. The zero-order valence-corrected chi connectivity index (χ0v) is 17.9. The maximum atomic E-state index is 14.2. The molecule has 2 fully saturated rings. The number of benzene rings is 1. The lowest BCUT2D eigenvalue weighted by molar-refractivity contribution is -0.143. The van der Waals surface area contributed by atoms with E-state index in [1.807, 2.05) is 0 Å². The number of halogens is 2. The van der Waals surface area contributed by atoms with Crippen LogP contribution in [0.5, 0.6) is 0 Å². The molecule has 11 heteroatoms. The normalized spacial score (nSPS) is 19.0. The minimum Gasteiger partial charge on any atom is -0.442 e. The van der Waals surface area contributed by atoms with Crippen LogP contribution in [0.4, 0.5) is 14.9 Å². The molecule has 2 aliphatic heterocycles. The van der Waals surface area contributed by atoms with Gasteiger partial charge in [0.2, 0.25) is 5.91 Å². The lowest BCUT2D eigenvalue weighted by Crippen LogP contribution is -2.41. The Kier molecular flexibility index (Phi) is 6.40. The Bertz CT molecular complexity index is 1020. The van der Waals surface area contributed by atoms with Crippen molar-refractivity contribution in [3.05, 3.63) is 50.9 Å². The van der Waals surface area contributed by atoms with Crippen molar-refractivity contribution in [2.24, 2.45) is 0 Å². The number of ether oxygens (including phenoxy) is 2. The highest BCUT2D eigenvalue weighted by atomic mass is 35.5. The van der Waals surface area contributed by atoms with Gasteiger partial charge in [0.05, 0.1) is 34.6 Å². The summed E-state index contributed by atoms with van der Waals surface area (Å²) in [5.74, 6) is -0.998. The summed E-state index contributed by atoms with van der Waals surface area (Å²) < 4.78 is 25.1. The molecular weight excluding hydrogens is 449 g/mol. The highest BCUT2D eigenvalue weighted by Gasteiger charge is 2.33. The quantitative estimate of drug-likeness (QED) is 0.705. The predicted octanol–water partition coefficient (Wildman–Crippen LogP) is 2.65. The maximum Gasteiger partial charge on any atom is 0.414 e. The van der Waals surface area contributed by atoms with E-state index in [0.29, 0.717) is 33.6 Å². The van der Waals surface area contributed by atoms with Gasteiger partial charge in [0.1, 0.15) is 18.5 Å². The number of cyclic esters (lactones) is 1. The fraction of sp³-hybridized carbons (Fsp3) is 0.350. The molecule has 0 radical (unpaired) electrons. The first-order valence-electron chi connectivity index (χ1n) is 9.56. The summed E-state index contributed by atoms with van der Waals surface area (Å²) in [6.07, 6.45) is -1.21. The molecule has 1 N–H and O–H groups in total. The van der Waals surface area contributed by atoms with Gasteiger partial charge in [-0.2, -0.15) is 0 Å². The van der Waals surface area contributed by atoms with Gasteiger partial charge >= 0.3 is 6.09 Å². The smallest absolute Gasteiger partial charge is 0.414 e. The monoisotopic (exact) mass is 467 g/mol. The predicted molar refractivity (Wildman–Crippen MR) is 112 cm³/mol. The number of anilines is 1. The van der Waals surface area contributed by atoms with E-state index in [9.17, 15) is 18.8 Å². The summed E-state index contributed by atoms with van der Waals surface area (Å²) in [7, 11) is 0. The maximum absolute atomic E-state index is 14.2. The SMILES string of the molecule is O=C(NC[C@@H]1CN(c2cc(F)cc(CN3CCOCC3=O)c2)C(=O)O1)c1ccc(Cl)s1. The van der Waals surface area contributed by atoms with E-state index in [0.717, 1.165) is 11.3 Å². The number of carbonyl (C=O) groups is 3. The largest absolute Gasteiger partial charge is 0.442 e. The molecule has 3 amide bonds. The molecule has 1 atom stereocenters. The molecule has 4 rings (SSSR count). The van der Waals surface area contributed by atoms with Crippen molar-refractivity contribution in [2.45, 2.75) is 12.6 Å². The number of morpholine rings is 1. The number of amides is 3. The van der Waals surface area contributed by atoms with E-state index < -0.39 is 18.0 Å². The van der Waals surface area contributed by atoms with Crippen molar-refractivity contribution in [3.8, 4) is 0 Å². The highest BCUT2D eigenvalue weighted by Crippen LogP contribution is 2.25.